The molecule has 0 aliphatic heterocycles. The zero-order valence-corrected chi connectivity index (χ0v) is 13.1. The third-order valence-electron chi connectivity index (χ3n) is 3.69. The molecule has 0 aliphatic carbocycles. The van der Waals surface area contributed by atoms with E-state index in [2.05, 4.69) is 11.0 Å². The van der Waals surface area contributed by atoms with Gasteiger partial charge in [0, 0.05) is 29.2 Å². The Kier molecular flexibility index (Phi) is 4.71. The standard InChI is InChI=1S/C19H15FN2O2/c1-23-24-13-14-6-8-16(9-7-14)22-11-15(10-21)18(12-22)17-4-2-3-5-19(17)20/h2-9,11-12H,13H2,1H3. The zero-order chi connectivity index (χ0) is 16.9. The Labute approximate surface area is 139 Å². The summed E-state index contributed by atoms with van der Waals surface area (Å²) in [5.41, 5.74) is 3.24. The highest BCUT2D eigenvalue weighted by atomic mass is 19.1. The van der Waals surface area contributed by atoms with E-state index in [1.807, 2.05) is 24.3 Å². The van der Waals surface area contributed by atoms with E-state index in [0.29, 0.717) is 23.3 Å². The fourth-order valence-electron chi connectivity index (χ4n) is 2.48. The molecule has 2 aromatic carbocycles. The summed E-state index contributed by atoms with van der Waals surface area (Å²) in [4.78, 5) is 9.46. The van der Waals surface area contributed by atoms with Crippen LogP contribution in [0.1, 0.15) is 11.1 Å². The van der Waals surface area contributed by atoms with E-state index < -0.39 is 0 Å². The summed E-state index contributed by atoms with van der Waals surface area (Å²) in [5.74, 6) is -0.348. The predicted molar refractivity (Wildman–Crippen MR) is 87.7 cm³/mol. The van der Waals surface area contributed by atoms with Crippen LogP contribution in [-0.4, -0.2) is 11.7 Å². The van der Waals surface area contributed by atoms with Crippen LogP contribution in [0.15, 0.2) is 60.9 Å². The number of halogens is 1. The second-order valence-corrected chi connectivity index (χ2v) is 5.18. The molecule has 5 heteroatoms. The van der Waals surface area contributed by atoms with Crippen molar-refractivity contribution in [2.24, 2.45) is 0 Å². The molecule has 0 bridgehead atoms. The molecule has 0 fully saturated rings. The molecule has 0 radical (unpaired) electrons. The van der Waals surface area contributed by atoms with Crippen molar-refractivity contribution in [1.29, 1.82) is 5.26 Å². The summed E-state index contributed by atoms with van der Waals surface area (Å²) in [7, 11) is 1.46. The molecule has 0 saturated carbocycles. The van der Waals surface area contributed by atoms with Gasteiger partial charge in [-0.1, -0.05) is 30.3 Å². The van der Waals surface area contributed by atoms with Crippen molar-refractivity contribution >= 4 is 0 Å². The summed E-state index contributed by atoms with van der Waals surface area (Å²) >= 11 is 0. The molecular weight excluding hydrogens is 307 g/mol. The number of hydrogen-bond acceptors (Lipinski definition) is 3. The molecule has 0 saturated heterocycles. The van der Waals surface area contributed by atoms with Crippen molar-refractivity contribution in [3.63, 3.8) is 0 Å². The third-order valence-corrected chi connectivity index (χ3v) is 3.69. The third kappa shape index (κ3) is 3.20. The van der Waals surface area contributed by atoms with E-state index in [9.17, 15) is 9.65 Å². The summed E-state index contributed by atoms with van der Waals surface area (Å²) in [5, 5.41) is 9.36. The Hall–Kier alpha value is -2.94. The van der Waals surface area contributed by atoms with Gasteiger partial charge >= 0.3 is 0 Å². The second-order valence-electron chi connectivity index (χ2n) is 5.18. The van der Waals surface area contributed by atoms with E-state index >= 15 is 0 Å². The first-order valence-electron chi connectivity index (χ1n) is 7.35. The van der Waals surface area contributed by atoms with Gasteiger partial charge in [0.25, 0.3) is 0 Å². The smallest absolute Gasteiger partial charge is 0.131 e. The molecule has 0 N–H and O–H groups in total. The van der Waals surface area contributed by atoms with Crippen LogP contribution in [0.5, 0.6) is 0 Å². The van der Waals surface area contributed by atoms with Crippen LogP contribution in [0.25, 0.3) is 16.8 Å². The fraction of sp³-hybridized carbons (Fsp3) is 0.105. The number of benzene rings is 2. The molecular formula is C19H15FN2O2. The van der Waals surface area contributed by atoms with Gasteiger partial charge in [0.1, 0.15) is 18.5 Å². The summed E-state index contributed by atoms with van der Waals surface area (Å²) in [6.45, 7) is 0.354. The molecule has 0 spiro atoms. The van der Waals surface area contributed by atoms with E-state index in [-0.39, 0.29) is 5.82 Å². The Bertz CT molecular complexity index is 879. The molecule has 0 unspecified atom stereocenters. The Morgan fingerprint density at radius 2 is 1.79 bits per heavy atom. The highest BCUT2D eigenvalue weighted by Gasteiger charge is 2.13. The molecule has 0 aliphatic rings. The second kappa shape index (κ2) is 7.09. The van der Waals surface area contributed by atoms with Gasteiger partial charge in [-0.2, -0.15) is 5.26 Å². The molecule has 4 nitrogen and oxygen atoms in total. The molecule has 3 aromatic rings. The van der Waals surface area contributed by atoms with Crippen LogP contribution in [0.2, 0.25) is 0 Å². The SMILES string of the molecule is COOCc1ccc(-n2cc(C#N)c(-c3ccccc3F)c2)cc1. The van der Waals surface area contributed by atoms with Gasteiger partial charge in [-0.3, -0.25) is 0 Å². The highest BCUT2D eigenvalue weighted by Crippen LogP contribution is 2.28. The van der Waals surface area contributed by atoms with E-state index in [1.165, 1.54) is 13.2 Å². The monoisotopic (exact) mass is 322 g/mol. The average Bonchev–Trinajstić information content (AvgIpc) is 3.05. The topological polar surface area (TPSA) is 47.2 Å². The van der Waals surface area contributed by atoms with Gasteiger partial charge in [-0.15, -0.1) is 0 Å². The molecule has 0 atom stereocenters. The minimum atomic E-state index is -0.348. The van der Waals surface area contributed by atoms with Crippen LogP contribution in [-0.2, 0) is 16.4 Å². The normalized spacial score (nSPS) is 10.5. The maximum atomic E-state index is 14.0. The number of aromatic nitrogens is 1. The Morgan fingerprint density at radius 3 is 2.46 bits per heavy atom. The first-order chi connectivity index (χ1) is 11.7. The van der Waals surface area contributed by atoms with Gasteiger partial charge < -0.3 is 4.57 Å². The van der Waals surface area contributed by atoms with Gasteiger partial charge in [-0.25, -0.2) is 14.2 Å². The lowest BCUT2D eigenvalue weighted by molar-refractivity contribution is -0.282. The molecule has 0 amide bonds. The zero-order valence-electron chi connectivity index (χ0n) is 13.1. The van der Waals surface area contributed by atoms with E-state index in [4.69, 9.17) is 4.89 Å². The summed E-state index contributed by atoms with van der Waals surface area (Å²) < 4.78 is 15.8. The van der Waals surface area contributed by atoms with Crippen molar-refractivity contribution in [1.82, 2.24) is 4.57 Å². The maximum absolute atomic E-state index is 14.0. The lowest BCUT2D eigenvalue weighted by Crippen LogP contribution is -1.93. The lowest BCUT2D eigenvalue weighted by Gasteiger charge is -2.05. The van der Waals surface area contributed by atoms with Gasteiger partial charge in [-0.05, 0) is 23.8 Å². The van der Waals surface area contributed by atoms with Crippen LogP contribution in [0.3, 0.4) is 0 Å². The predicted octanol–water partition coefficient (Wildman–Crippen LogP) is 4.23. The quantitative estimate of drug-likeness (QED) is 0.521. The minimum absolute atomic E-state index is 0.348. The van der Waals surface area contributed by atoms with Gasteiger partial charge in [0.05, 0.1) is 12.7 Å². The van der Waals surface area contributed by atoms with Gasteiger partial charge in [0.2, 0.25) is 0 Å². The lowest BCUT2D eigenvalue weighted by atomic mass is 10.1. The molecule has 3 rings (SSSR count). The van der Waals surface area contributed by atoms with Crippen molar-refractivity contribution in [2.45, 2.75) is 6.61 Å². The number of rotatable bonds is 5. The maximum Gasteiger partial charge on any atom is 0.131 e. The number of nitrogens with zero attached hydrogens (tertiary/aromatic N) is 2. The van der Waals surface area contributed by atoms with Crippen LogP contribution < -0.4 is 0 Å². The number of nitriles is 1. The first kappa shape index (κ1) is 15.9. The van der Waals surface area contributed by atoms with Crippen molar-refractivity contribution in [3.8, 4) is 22.9 Å². The van der Waals surface area contributed by atoms with Crippen LogP contribution in [0, 0.1) is 17.1 Å². The fourth-order valence-corrected chi connectivity index (χ4v) is 2.48. The van der Waals surface area contributed by atoms with Crippen molar-refractivity contribution in [2.75, 3.05) is 7.11 Å². The largest absolute Gasteiger partial charge is 0.322 e. The average molecular weight is 322 g/mol. The van der Waals surface area contributed by atoms with E-state index in [1.54, 1.807) is 35.2 Å². The van der Waals surface area contributed by atoms with Crippen molar-refractivity contribution < 1.29 is 14.2 Å². The Morgan fingerprint density at radius 1 is 1.04 bits per heavy atom. The summed E-state index contributed by atoms with van der Waals surface area (Å²) in [6.07, 6.45) is 3.46. The molecule has 1 heterocycles. The van der Waals surface area contributed by atoms with E-state index in [0.717, 1.165) is 11.3 Å². The van der Waals surface area contributed by atoms with Gasteiger partial charge in [0.15, 0.2) is 0 Å². The van der Waals surface area contributed by atoms with Crippen molar-refractivity contribution in [3.05, 3.63) is 77.9 Å². The number of hydrogen-bond donors (Lipinski definition) is 0. The van der Waals surface area contributed by atoms with Crippen LogP contribution in [0.4, 0.5) is 4.39 Å². The molecule has 24 heavy (non-hydrogen) atoms. The van der Waals surface area contributed by atoms with Crippen LogP contribution >= 0.6 is 0 Å². The minimum Gasteiger partial charge on any atom is -0.322 e. The molecule has 120 valence electrons. The Balaban J connectivity index is 1.96. The molecule has 1 aromatic heterocycles. The first-order valence-corrected chi connectivity index (χ1v) is 7.35. The summed E-state index contributed by atoms with van der Waals surface area (Å²) in [6, 6.07) is 16.2. The highest BCUT2D eigenvalue weighted by molar-refractivity contribution is 5.71.